The number of carbonyl (C=O) groups is 2. The molecule has 0 bridgehead atoms. The van der Waals surface area contributed by atoms with E-state index in [9.17, 15) is 32.5 Å². The molecule has 0 saturated carbocycles. The van der Waals surface area contributed by atoms with E-state index < -0.39 is 50.7 Å². The quantitative estimate of drug-likeness (QED) is 0.267. The summed E-state index contributed by atoms with van der Waals surface area (Å²) in [5.41, 5.74) is -0.270. The van der Waals surface area contributed by atoms with Gasteiger partial charge in [-0.15, -0.1) is 0 Å². The molecule has 0 unspecified atom stereocenters. The zero-order valence-electron chi connectivity index (χ0n) is 23.3. The number of halogens is 1. The number of non-ortho nitro benzene ring substituents is 1. The molecule has 0 aliphatic carbocycles. The maximum absolute atomic E-state index is 14.8. The highest BCUT2D eigenvalue weighted by atomic mass is 32.2. The molecule has 1 N–H and O–H groups in total. The van der Waals surface area contributed by atoms with Gasteiger partial charge in [0.05, 0.1) is 16.9 Å². The first-order valence-electron chi connectivity index (χ1n) is 12.8. The molecular formula is C29H33FN4O6S. The molecule has 3 aromatic rings. The number of nitro groups is 1. The van der Waals surface area contributed by atoms with E-state index in [4.69, 9.17) is 0 Å². The van der Waals surface area contributed by atoms with Crippen LogP contribution in [0.1, 0.15) is 31.9 Å². The van der Waals surface area contributed by atoms with E-state index in [1.807, 2.05) is 0 Å². The van der Waals surface area contributed by atoms with Crippen LogP contribution in [0.2, 0.25) is 0 Å². The normalized spacial score (nSPS) is 12.3. The van der Waals surface area contributed by atoms with Crippen LogP contribution in [0, 0.1) is 15.9 Å². The maximum Gasteiger partial charge on any atom is 0.271 e. The monoisotopic (exact) mass is 584 g/mol. The number of carbonyl (C=O) groups excluding carboxylic acids is 2. The second kappa shape index (κ2) is 12.9. The van der Waals surface area contributed by atoms with Crippen molar-refractivity contribution in [2.45, 2.75) is 45.3 Å². The van der Waals surface area contributed by atoms with E-state index in [1.54, 1.807) is 57.2 Å². The lowest BCUT2D eigenvalue weighted by atomic mass is 10.0. The number of nitrogens with zero attached hydrogens (tertiary/aromatic N) is 3. The van der Waals surface area contributed by atoms with Crippen molar-refractivity contribution in [3.8, 4) is 0 Å². The van der Waals surface area contributed by atoms with E-state index in [1.165, 1.54) is 36.4 Å². The molecule has 0 saturated heterocycles. The summed E-state index contributed by atoms with van der Waals surface area (Å²) >= 11 is 0. The van der Waals surface area contributed by atoms with Gasteiger partial charge in [-0.3, -0.25) is 24.0 Å². The third-order valence-electron chi connectivity index (χ3n) is 6.08. The van der Waals surface area contributed by atoms with Gasteiger partial charge in [0, 0.05) is 36.2 Å². The smallest absolute Gasteiger partial charge is 0.271 e. The van der Waals surface area contributed by atoms with Crippen LogP contribution >= 0.6 is 0 Å². The Bertz CT molecular complexity index is 1510. The number of rotatable bonds is 11. The molecule has 0 radical (unpaired) electrons. The zero-order chi connectivity index (χ0) is 30.4. The molecule has 218 valence electrons. The van der Waals surface area contributed by atoms with Gasteiger partial charge in [-0.1, -0.05) is 54.6 Å². The Morgan fingerprint density at radius 1 is 1.00 bits per heavy atom. The summed E-state index contributed by atoms with van der Waals surface area (Å²) in [6.07, 6.45) is 0.937. The third kappa shape index (κ3) is 8.84. The van der Waals surface area contributed by atoms with E-state index in [0.29, 0.717) is 0 Å². The summed E-state index contributed by atoms with van der Waals surface area (Å²) in [5.74, 6) is -1.90. The Morgan fingerprint density at radius 2 is 1.63 bits per heavy atom. The molecule has 0 aromatic heterocycles. The molecule has 0 spiro atoms. The number of amides is 2. The molecule has 3 rings (SSSR count). The standard InChI is InChI=1S/C29H33FN4O6S/c1-29(2,3)31-28(36)26(17-21-11-6-5-7-12-21)32(19-22-13-8-9-16-25(22)30)27(35)20-33(41(4,39)40)23-14-10-15-24(18-23)34(37)38/h5-16,18,26H,17,19-20H2,1-4H3,(H,31,36)/t26-/m0/s1. The Kier molecular flexibility index (Phi) is 9.82. The lowest BCUT2D eigenvalue weighted by Gasteiger charge is -2.35. The zero-order valence-corrected chi connectivity index (χ0v) is 24.1. The Labute approximate surface area is 239 Å². The van der Waals surface area contributed by atoms with Gasteiger partial charge in [0.2, 0.25) is 21.8 Å². The van der Waals surface area contributed by atoms with Crippen LogP contribution in [-0.4, -0.2) is 54.4 Å². The minimum atomic E-state index is -4.12. The van der Waals surface area contributed by atoms with E-state index in [-0.39, 0.29) is 29.9 Å². The molecule has 1 atom stereocenters. The van der Waals surface area contributed by atoms with Crippen LogP contribution in [0.4, 0.5) is 15.8 Å². The molecular weight excluding hydrogens is 551 g/mol. The Balaban J connectivity index is 2.10. The fraction of sp³-hybridized carbons (Fsp3) is 0.310. The SMILES string of the molecule is CC(C)(C)NC(=O)[C@H](Cc1ccccc1)N(Cc1ccccc1F)C(=O)CN(c1cccc([N+](=O)[O-])c1)S(C)(=O)=O. The minimum Gasteiger partial charge on any atom is -0.350 e. The Morgan fingerprint density at radius 3 is 2.22 bits per heavy atom. The molecule has 2 amide bonds. The van der Waals surface area contributed by atoms with E-state index in [0.717, 1.165) is 27.1 Å². The molecule has 3 aromatic carbocycles. The largest absolute Gasteiger partial charge is 0.350 e. The molecule has 0 aliphatic heterocycles. The summed E-state index contributed by atoms with van der Waals surface area (Å²) in [5, 5.41) is 14.2. The van der Waals surface area contributed by atoms with Crippen molar-refractivity contribution >= 4 is 33.2 Å². The molecule has 12 heteroatoms. The second-order valence-electron chi connectivity index (χ2n) is 10.6. The summed E-state index contributed by atoms with van der Waals surface area (Å²) in [6, 6.07) is 18.5. The summed E-state index contributed by atoms with van der Waals surface area (Å²) in [4.78, 5) is 39.4. The third-order valence-corrected chi connectivity index (χ3v) is 7.22. The van der Waals surface area contributed by atoms with Crippen molar-refractivity contribution in [1.29, 1.82) is 0 Å². The average Bonchev–Trinajstić information content (AvgIpc) is 2.89. The highest BCUT2D eigenvalue weighted by Crippen LogP contribution is 2.24. The predicted molar refractivity (Wildman–Crippen MR) is 154 cm³/mol. The summed E-state index contributed by atoms with van der Waals surface area (Å²) in [6.45, 7) is 4.24. The van der Waals surface area contributed by atoms with Gasteiger partial charge >= 0.3 is 0 Å². The Hall–Kier alpha value is -4.32. The van der Waals surface area contributed by atoms with Gasteiger partial charge in [-0.2, -0.15) is 0 Å². The van der Waals surface area contributed by atoms with Gasteiger partial charge in [0.1, 0.15) is 18.4 Å². The first-order valence-corrected chi connectivity index (χ1v) is 14.6. The van der Waals surface area contributed by atoms with Crippen LogP contribution in [-0.2, 0) is 32.6 Å². The topological polar surface area (TPSA) is 130 Å². The molecule has 0 fully saturated rings. The van der Waals surface area contributed by atoms with Gasteiger partial charge in [0.15, 0.2) is 0 Å². The van der Waals surface area contributed by atoms with Gasteiger partial charge in [0.25, 0.3) is 5.69 Å². The predicted octanol–water partition coefficient (Wildman–Crippen LogP) is 4.05. The molecule has 0 aliphatic rings. The number of nitrogens with one attached hydrogen (secondary N) is 1. The van der Waals surface area contributed by atoms with Crippen molar-refractivity contribution in [3.05, 3.63) is 106 Å². The average molecular weight is 585 g/mol. The lowest BCUT2D eigenvalue weighted by Crippen LogP contribution is -2.56. The number of nitro benzene ring substituents is 1. The minimum absolute atomic E-state index is 0.0681. The summed E-state index contributed by atoms with van der Waals surface area (Å²) in [7, 11) is -4.12. The van der Waals surface area contributed by atoms with Crippen LogP contribution < -0.4 is 9.62 Å². The summed E-state index contributed by atoms with van der Waals surface area (Å²) < 4.78 is 41.2. The number of anilines is 1. The number of hydrogen-bond donors (Lipinski definition) is 1. The maximum atomic E-state index is 14.8. The van der Waals surface area contributed by atoms with Crippen molar-refractivity contribution in [1.82, 2.24) is 10.2 Å². The molecule has 41 heavy (non-hydrogen) atoms. The first-order chi connectivity index (χ1) is 19.2. The van der Waals surface area contributed by atoms with Crippen LogP contribution in [0.3, 0.4) is 0 Å². The number of benzene rings is 3. The van der Waals surface area contributed by atoms with Crippen LogP contribution in [0.5, 0.6) is 0 Å². The number of hydrogen-bond acceptors (Lipinski definition) is 6. The van der Waals surface area contributed by atoms with Crippen molar-refractivity contribution in [3.63, 3.8) is 0 Å². The van der Waals surface area contributed by atoms with Gasteiger partial charge < -0.3 is 10.2 Å². The molecule has 0 heterocycles. The fourth-order valence-corrected chi connectivity index (χ4v) is 5.03. The molecule has 10 nitrogen and oxygen atoms in total. The van der Waals surface area contributed by atoms with Crippen LogP contribution in [0.25, 0.3) is 0 Å². The lowest BCUT2D eigenvalue weighted by molar-refractivity contribution is -0.384. The van der Waals surface area contributed by atoms with E-state index >= 15 is 0 Å². The highest BCUT2D eigenvalue weighted by Gasteiger charge is 2.35. The second-order valence-corrected chi connectivity index (χ2v) is 12.5. The highest BCUT2D eigenvalue weighted by molar-refractivity contribution is 7.92. The fourth-order valence-electron chi connectivity index (χ4n) is 4.19. The van der Waals surface area contributed by atoms with Crippen molar-refractivity contribution in [2.75, 3.05) is 17.1 Å². The van der Waals surface area contributed by atoms with Gasteiger partial charge in [-0.05, 0) is 38.5 Å². The number of sulfonamides is 1. The van der Waals surface area contributed by atoms with Crippen LogP contribution in [0.15, 0.2) is 78.9 Å². The van der Waals surface area contributed by atoms with Crippen molar-refractivity contribution < 1.29 is 27.3 Å². The van der Waals surface area contributed by atoms with E-state index in [2.05, 4.69) is 5.32 Å². The first kappa shape index (κ1) is 31.2. The van der Waals surface area contributed by atoms with Crippen molar-refractivity contribution in [2.24, 2.45) is 0 Å². The van der Waals surface area contributed by atoms with Gasteiger partial charge in [-0.25, -0.2) is 12.8 Å².